The number of amides is 1. The highest BCUT2D eigenvalue weighted by Gasteiger charge is 2.52. The molecule has 0 saturated carbocycles. The number of aldehydes is 1. The molecule has 4 rings (SSSR count). The van der Waals surface area contributed by atoms with Crippen LogP contribution in [0.1, 0.15) is 53.4 Å². The van der Waals surface area contributed by atoms with Gasteiger partial charge in [0.15, 0.2) is 6.29 Å². The Kier molecular flexibility index (Phi) is 8.59. The number of nitrogens with one attached hydrogen (secondary N) is 1. The van der Waals surface area contributed by atoms with E-state index in [0.29, 0.717) is 32.4 Å². The lowest BCUT2D eigenvalue weighted by atomic mass is 9.75. The molecule has 1 aromatic carbocycles. The maximum atomic E-state index is 13.0. The lowest BCUT2D eigenvalue weighted by Gasteiger charge is -2.44. The number of piperazine rings is 1. The van der Waals surface area contributed by atoms with Crippen LogP contribution in [0.5, 0.6) is 0 Å². The van der Waals surface area contributed by atoms with E-state index in [1.807, 2.05) is 23.1 Å². The standard InChI is InChI=1S/C28H41ClN4O5/c1-26(2,3)38-25(36)30-27(4,20-34)33-12-9-28(10-13-33)19-23(37-24(28)35)8-11-31-14-16-32(17-15-31)22-7-5-6-21(29)18-22/h5-7,18,20,23H,8-17,19H2,1-4H3,(H,30,36)/t23?,27-/m1/s1. The van der Waals surface area contributed by atoms with E-state index < -0.39 is 22.8 Å². The van der Waals surface area contributed by atoms with E-state index in [0.717, 1.165) is 56.1 Å². The number of carbonyl (C=O) groups is 3. The molecule has 1 unspecified atom stereocenters. The highest BCUT2D eigenvalue weighted by atomic mass is 35.5. The predicted octanol–water partition coefficient (Wildman–Crippen LogP) is 3.69. The first kappa shape index (κ1) is 28.6. The lowest BCUT2D eigenvalue weighted by Crippen LogP contribution is -2.63. The largest absolute Gasteiger partial charge is 0.462 e. The van der Waals surface area contributed by atoms with Gasteiger partial charge in [0.2, 0.25) is 0 Å². The molecule has 3 aliphatic rings. The van der Waals surface area contributed by atoms with Gasteiger partial charge >= 0.3 is 12.1 Å². The lowest BCUT2D eigenvalue weighted by molar-refractivity contribution is -0.152. The first-order chi connectivity index (χ1) is 17.9. The number of cyclic esters (lactones) is 1. The molecule has 1 aromatic rings. The molecule has 3 fully saturated rings. The minimum atomic E-state index is -1.20. The summed E-state index contributed by atoms with van der Waals surface area (Å²) in [4.78, 5) is 44.0. The van der Waals surface area contributed by atoms with Crippen molar-refractivity contribution in [1.82, 2.24) is 15.1 Å². The number of piperidine rings is 1. The fourth-order valence-corrected chi connectivity index (χ4v) is 5.91. The number of rotatable bonds is 7. The van der Waals surface area contributed by atoms with Crippen LogP contribution in [0.2, 0.25) is 5.02 Å². The summed E-state index contributed by atoms with van der Waals surface area (Å²) in [6.45, 7) is 12.7. The van der Waals surface area contributed by atoms with Crippen molar-refractivity contribution in [3.8, 4) is 0 Å². The number of anilines is 1. The second-order valence-electron chi connectivity index (χ2n) is 12.0. The molecule has 2 atom stereocenters. The third-order valence-corrected chi connectivity index (χ3v) is 8.23. The molecule has 1 N–H and O–H groups in total. The van der Waals surface area contributed by atoms with Gasteiger partial charge in [-0.25, -0.2) is 4.79 Å². The Morgan fingerprint density at radius 1 is 1.16 bits per heavy atom. The number of carbonyl (C=O) groups excluding carboxylic acids is 3. The van der Waals surface area contributed by atoms with Crippen LogP contribution in [0.4, 0.5) is 10.5 Å². The van der Waals surface area contributed by atoms with Crippen LogP contribution in [0.15, 0.2) is 24.3 Å². The third-order valence-electron chi connectivity index (χ3n) is 8.00. The Labute approximate surface area is 230 Å². The molecule has 10 heteroatoms. The monoisotopic (exact) mass is 548 g/mol. The number of likely N-dealkylation sites (tertiary alicyclic amines) is 1. The first-order valence-electron chi connectivity index (χ1n) is 13.6. The quantitative estimate of drug-likeness (QED) is 0.407. The number of hydrogen-bond acceptors (Lipinski definition) is 8. The van der Waals surface area contributed by atoms with Gasteiger partial charge in [0, 0.05) is 62.9 Å². The van der Waals surface area contributed by atoms with Crippen molar-refractivity contribution in [3.05, 3.63) is 29.3 Å². The third kappa shape index (κ3) is 6.79. The van der Waals surface area contributed by atoms with Crippen molar-refractivity contribution in [2.45, 2.75) is 70.7 Å². The van der Waals surface area contributed by atoms with Crippen LogP contribution in [0.3, 0.4) is 0 Å². The maximum Gasteiger partial charge on any atom is 0.409 e. The smallest absolute Gasteiger partial charge is 0.409 e. The highest BCUT2D eigenvalue weighted by Crippen LogP contribution is 2.44. The Morgan fingerprint density at radius 3 is 2.45 bits per heavy atom. The number of alkyl carbamates (subject to hydrolysis) is 1. The molecule has 210 valence electrons. The molecule has 1 amide bonds. The van der Waals surface area contributed by atoms with Crippen LogP contribution in [-0.4, -0.2) is 91.3 Å². The Bertz CT molecular complexity index is 1010. The maximum absolute atomic E-state index is 13.0. The summed E-state index contributed by atoms with van der Waals surface area (Å²) in [5.41, 5.74) is -1.21. The van der Waals surface area contributed by atoms with Gasteiger partial charge in [-0.2, -0.15) is 0 Å². The van der Waals surface area contributed by atoms with Gasteiger partial charge in [-0.1, -0.05) is 17.7 Å². The number of esters is 1. The van der Waals surface area contributed by atoms with Crippen molar-refractivity contribution < 1.29 is 23.9 Å². The second kappa shape index (κ2) is 11.4. The van der Waals surface area contributed by atoms with Crippen molar-refractivity contribution >= 4 is 35.6 Å². The zero-order valence-electron chi connectivity index (χ0n) is 23.0. The van der Waals surface area contributed by atoms with Crippen LogP contribution in [0, 0.1) is 5.41 Å². The number of halogens is 1. The second-order valence-corrected chi connectivity index (χ2v) is 12.4. The average molecular weight is 549 g/mol. The molecule has 0 aromatic heterocycles. The minimum Gasteiger partial charge on any atom is -0.462 e. The molecular weight excluding hydrogens is 508 g/mol. The van der Waals surface area contributed by atoms with Crippen LogP contribution < -0.4 is 10.2 Å². The fourth-order valence-electron chi connectivity index (χ4n) is 5.73. The Balaban J connectivity index is 1.24. The van der Waals surface area contributed by atoms with Crippen molar-refractivity contribution in [2.75, 3.05) is 50.7 Å². The van der Waals surface area contributed by atoms with Gasteiger partial charge in [0.05, 0.1) is 5.41 Å². The molecule has 3 saturated heterocycles. The summed E-state index contributed by atoms with van der Waals surface area (Å²) < 4.78 is 11.2. The molecule has 0 aliphatic carbocycles. The van der Waals surface area contributed by atoms with Gasteiger partial charge in [-0.15, -0.1) is 0 Å². The van der Waals surface area contributed by atoms with Crippen molar-refractivity contribution in [3.63, 3.8) is 0 Å². The van der Waals surface area contributed by atoms with Crippen molar-refractivity contribution in [2.24, 2.45) is 5.41 Å². The summed E-state index contributed by atoms with van der Waals surface area (Å²) in [5, 5.41) is 3.46. The number of hydrogen-bond donors (Lipinski definition) is 1. The number of ether oxygens (including phenoxy) is 2. The minimum absolute atomic E-state index is 0.0858. The zero-order chi connectivity index (χ0) is 27.6. The van der Waals surface area contributed by atoms with Gasteiger partial charge in [0.1, 0.15) is 17.4 Å². The topological polar surface area (TPSA) is 91.4 Å². The zero-order valence-corrected chi connectivity index (χ0v) is 23.8. The van der Waals surface area contributed by atoms with E-state index in [4.69, 9.17) is 21.1 Å². The molecule has 3 aliphatic heterocycles. The van der Waals surface area contributed by atoms with E-state index in [1.54, 1.807) is 27.7 Å². The van der Waals surface area contributed by atoms with Gasteiger partial charge in [0.25, 0.3) is 0 Å². The summed E-state index contributed by atoms with van der Waals surface area (Å²) in [6, 6.07) is 7.97. The highest BCUT2D eigenvalue weighted by molar-refractivity contribution is 6.30. The molecule has 0 bridgehead atoms. The molecule has 1 spiro atoms. The van der Waals surface area contributed by atoms with E-state index in [2.05, 4.69) is 21.2 Å². The van der Waals surface area contributed by atoms with Gasteiger partial charge in [-0.3, -0.25) is 24.7 Å². The molecular formula is C28H41ClN4O5. The molecule has 3 heterocycles. The van der Waals surface area contributed by atoms with E-state index in [-0.39, 0.29) is 12.1 Å². The Morgan fingerprint density at radius 2 is 1.84 bits per heavy atom. The SMILES string of the molecule is CC(C)(C)OC(=O)N[C@@](C)(C=O)N1CCC2(CC1)CC(CCN1CCN(c3cccc(Cl)c3)CC1)OC2=O. The van der Waals surface area contributed by atoms with Crippen molar-refractivity contribution in [1.29, 1.82) is 0 Å². The normalized spacial score (nSPS) is 24.1. The predicted molar refractivity (Wildman–Crippen MR) is 146 cm³/mol. The first-order valence-corrected chi connectivity index (χ1v) is 14.0. The van der Waals surface area contributed by atoms with Gasteiger partial charge in [-0.05, 0) is 65.2 Å². The fraction of sp³-hybridized carbons (Fsp3) is 0.679. The van der Waals surface area contributed by atoms with Crippen LogP contribution in [0.25, 0.3) is 0 Å². The van der Waals surface area contributed by atoms with E-state index in [1.165, 1.54) is 0 Å². The number of nitrogens with zero attached hydrogens (tertiary/aromatic N) is 3. The summed E-state index contributed by atoms with van der Waals surface area (Å²) in [5.74, 6) is -0.124. The number of benzene rings is 1. The average Bonchev–Trinajstić information content (AvgIpc) is 3.16. The van der Waals surface area contributed by atoms with Gasteiger partial charge < -0.3 is 14.4 Å². The van der Waals surface area contributed by atoms with E-state index >= 15 is 0 Å². The van der Waals surface area contributed by atoms with Crippen LogP contribution >= 0.6 is 11.6 Å². The summed E-state index contributed by atoms with van der Waals surface area (Å²) in [7, 11) is 0. The Hall–Kier alpha value is -2.36. The molecule has 0 radical (unpaired) electrons. The molecule has 38 heavy (non-hydrogen) atoms. The molecule has 9 nitrogen and oxygen atoms in total. The van der Waals surface area contributed by atoms with E-state index in [9.17, 15) is 14.4 Å². The van der Waals surface area contributed by atoms with Crippen LogP contribution in [-0.2, 0) is 19.1 Å². The summed E-state index contributed by atoms with van der Waals surface area (Å²) >= 11 is 6.15. The summed E-state index contributed by atoms with van der Waals surface area (Å²) in [6.07, 6.45) is 2.73.